The Kier molecular flexibility index (Phi) is 69.9. The molecule has 10 N–H and O–H groups in total. The zero-order valence-electron chi connectivity index (χ0n) is 64.0. The van der Waals surface area contributed by atoms with E-state index >= 15 is 0 Å². The molecular weight excluding hydrogens is 1370 g/mol. The van der Waals surface area contributed by atoms with Crippen molar-refractivity contribution < 1.29 is 13.9 Å². The standard InChI is InChI=1S/2C8H11ClN2.C8H16O.C7H11NO.C7H11NS.C7H15N.C7H16O.2C6H11N3.2C6H10N2S/c1-2-10-5-7-3-4-11-6-8(7)9;1-2-10-6-7-3-4-11-8(9)5-7;1-2-3-5-8-6-4-7-9-8;2*1-2-8-6-7-4-3-5-9-7;1-2-8-6-4-3-5-7-8;1-4-5-7(2)6-8-3;1-2-7-3-6-4-8-5-9-6;1-2-7-5-6-8-3-4-9-6;1-2-7-3-6-4-8-5-9-6;1-2-7-5-6-8-3-4-9-6/h3-4,6,10H,2,5H2,1H3;3-5,10H,2,6H2,1H3;8H,2-7H2,1H3;2*3-5,8H,2,6H2,1H3;2-7H2,1H3;7H,4-6H2,1-3H3;4-5,7H,2-3H2,1H3,(H,8,9);3-4,7H,2,5H2,1H3,(H,8,9);4-5,7H,2-3H2,1H3;3-4,7H,2,5H2,1H3. The number of rotatable bonds is 32. The van der Waals surface area contributed by atoms with Gasteiger partial charge in [-0.2, -0.15) is 0 Å². The topological polar surface area (TPSA) is 240 Å². The van der Waals surface area contributed by atoms with Crippen LogP contribution in [0.3, 0.4) is 0 Å². The zero-order chi connectivity index (χ0) is 74.1. The molecule has 0 aromatic carbocycles. The van der Waals surface area contributed by atoms with Crippen molar-refractivity contribution in [1.82, 2.24) is 87.3 Å². The second kappa shape index (κ2) is 73.4. The molecule has 0 saturated carbocycles. The highest BCUT2D eigenvalue weighted by atomic mass is 35.5. The Bertz CT molecular complexity index is 2500. The van der Waals surface area contributed by atoms with Gasteiger partial charge in [0.25, 0.3) is 0 Å². The van der Waals surface area contributed by atoms with Gasteiger partial charge in [0.05, 0.1) is 42.3 Å². The molecule has 2 fully saturated rings. The van der Waals surface area contributed by atoms with Crippen LogP contribution in [0.1, 0.15) is 190 Å². The molecule has 2 saturated heterocycles. The molecule has 101 heavy (non-hydrogen) atoms. The van der Waals surface area contributed by atoms with Gasteiger partial charge in [-0.25, -0.2) is 19.9 Å². The number of hydrogen-bond donors (Lipinski definition) is 10. The number of H-pyrrole nitrogens is 2. The Morgan fingerprint density at radius 3 is 1.82 bits per heavy atom. The molecule has 2 aliphatic heterocycles. The molecule has 8 aromatic heterocycles. The van der Waals surface area contributed by atoms with Crippen molar-refractivity contribution in [3.8, 4) is 0 Å². The van der Waals surface area contributed by atoms with Crippen LogP contribution in [0.2, 0.25) is 10.2 Å². The number of nitrogens with zero attached hydrogens (tertiary/aromatic N) is 7. The number of thiophene rings is 1. The van der Waals surface area contributed by atoms with E-state index in [1.165, 1.54) is 99.2 Å². The summed E-state index contributed by atoms with van der Waals surface area (Å²) in [5.74, 6) is 2.73. The van der Waals surface area contributed by atoms with Crippen molar-refractivity contribution in [3.63, 3.8) is 0 Å². The van der Waals surface area contributed by atoms with E-state index in [1.807, 2.05) is 66.0 Å². The fourth-order valence-electron chi connectivity index (χ4n) is 8.82. The van der Waals surface area contributed by atoms with Crippen molar-refractivity contribution >= 4 is 57.2 Å². The van der Waals surface area contributed by atoms with E-state index in [9.17, 15) is 0 Å². The van der Waals surface area contributed by atoms with E-state index in [1.54, 1.807) is 78.5 Å². The second-order valence-corrected chi connectivity index (χ2v) is 26.8. The van der Waals surface area contributed by atoms with E-state index in [2.05, 4.69) is 188 Å². The maximum absolute atomic E-state index is 5.86. The third kappa shape index (κ3) is 60.1. The minimum atomic E-state index is 0.556. The number of furan rings is 1. The number of piperidine rings is 1. The number of hydrogen-bond acceptors (Lipinski definition) is 21. The molecule has 0 amide bonds. The van der Waals surface area contributed by atoms with E-state index in [4.69, 9.17) is 37.1 Å². The summed E-state index contributed by atoms with van der Waals surface area (Å²) in [6.07, 6.45) is 31.6. The first-order valence-corrected chi connectivity index (χ1v) is 40.3. The predicted molar refractivity (Wildman–Crippen MR) is 432 cm³/mol. The summed E-state index contributed by atoms with van der Waals surface area (Å²) in [5.41, 5.74) is 5.26. The van der Waals surface area contributed by atoms with Gasteiger partial charge < -0.3 is 71.3 Å². The van der Waals surface area contributed by atoms with Crippen LogP contribution in [0.5, 0.6) is 0 Å². The van der Waals surface area contributed by atoms with Crippen LogP contribution >= 0.6 is 57.2 Å². The van der Waals surface area contributed by atoms with Gasteiger partial charge in [-0.15, -0.1) is 34.0 Å². The smallest absolute Gasteiger partial charge is 0.129 e. The highest BCUT2D eigenvalue weighted by Crippen LogP contribution is 2.17. The lowest BCUT2D eigenvalue weighted by atomic mass is 10.1. The van der Waals surface area contributed by atoms with Crippen LogP contribution in [0.15, 0.2) is 125 Å². The maximum atomic E-state index is 5.86. The van der Waals surface area contributed by atoms with Gasteiger partial charge in [0.15, 0.2) is 0 Å². The third-order valence-corrected chi connectivity index (χ3v) is 17.3. The fraction of sp³-hybridized carbons (Fsp3) is 0.605. The third-order valence-electron chi connectivity index (χ3n) is 14.3. The summed E-state index contributed by atoms with van der Waals surface area (Å²) in [6.45, 7) is 46.5. The molecule has 20 nitrogen and oxygen atoms in total. The maximum Gasteiger partial charge on any atom is 0.129 e. The molecule has 0 bridgehead atoms. The number of nitrogens with one attached hydrogen (secondary N) is 10. The van der Waals surface area contributed by atoms with Gasteiger partial charge in [-0.3, -0.25) is 9.97 Å². The van der Waals surface area contributed by atoms with Gasteiger partial charge in [0.2, 0.25) is 0 Å². The lowest BCUT2D eigenvalue weighted by Crippen LogP contribution is -2.29. The van der Waals surface area contributed by atoms with Gasteiger partial charge in [-0.05, 0) is 169 Å². The molecule has 0 spiro atoms. The van der Waals surface area contributed by atoms with Crippen LogP contribution in [0.25, 0.3) is 0 Å². The number of aromatic nitrogens is 8. The molecule has 572 valence electrons. The van der Waals surface area contributed by atoms with E-state index < -0.39 is 0 Å². The largest absolute Gasteiger partial charge is 0.468 e. The van der Waals surface area contributed by atoms with Crippen LogP contribution < -0.4 is 42.5 Å². The highest BCUT2D eigenvalue weighted by molar-refractivity contribution is 7.10. The predicted octanol–water partition coefficient (Wildman–Crippen LogP) is 16.4. The first-order chi connectivity index (χ1) is 49.4. The Hall–Kier alpha value is -4.90. The first-order valence-electron chi connectivity index (χ1n) is 36.9. The summed E-state index contributed by atoms with van der Waals surface area (Å²) in [5, 5.41) is 32.1. The lowest BCUT2D eigenvalue weighted by Gasteiger charge is -2.24. The van der Waals surface area contributed by atoms with Crippen molar-refractivity contribution in [2.75, 3.05) is 92.3 Å². The number of aromatic amines is 2. The minimum Gasteiger partial charge on any atom is -0.468 e. The monoisotopic (exact) mass is 1500 g/mol. The highest BCUT2D eigenvalue weighted by Gasteiger charge is 2.13. The van der Waals surface area contributed by atoms with E-state index in [0.717, 1.165) is 157 Å². The average Bonchev–Trinajstić information content (AvgIpc) is 2.08. The van der Waals surface area contributed by atoms with Crippen LogP contribution in [0.4, 0.5) is 0 Å². The van der Waals surface area contributed by atoms with Crippen LogP contribution in [-0.2, 0) is 61.8 Å². The normalized spacial score (nSPS) is 12.8. The van der Waals surface area contributed by atoms with Crippen LogP contribution in [-0.4, -0.2) is 143 Å². The number of halogens is 2. The fourth-order valence-corrected chi connectivity index (χ4v) is 11.0. The number of ether oxygens (including phenoxy) is 2. The number of thiazole rings is 2. The molecule has 25 heteroatoms. The molecule has 10 rings (SSSR count). The van der Waals surface area contributed by atoms with Gasteiger partial charge >= 0.3 is 0 Å². The summed E-state index contributed by atoms with van der Waals surface area (Å²) in [6, 6.07) is 13.8. The van der Waals surface area contributed by atoms with E-state index in [-0.39, 0.29) is 0 Å². The van der Waals surface area contributed by atoms with Gasteiger partial charge in [0, 0.05) is 130 Å². The quantitative estimate of drug-likeness (QED) is 0.0176. The molecule has 8 aromatic rings. The summed E-state index contributed by atoms with van der Waals surface area (Å²) in [7, 11) is 1.76. The molecule has 2 aliphatic rings. The number of imidazole rings is 2. The average molecular weight is 1500 g/mol. The second-order valence-electron chi connectivity index (χ2n) is 23.0. The number of pyridine rings is 2. The Morgan fingerprint density at radius 1 is 0.604 bits per heavy atom. The lowest BCUT2D eigenvalue weighted by molar-refractivity contribution is 0.102. The summed E-state index contributed by atoms with van der Waals surface area (Å²) in [4.78, 5) is 35.0. The Labute approximate surface area is 632 Å². The Morgan fingerprint density at radius 2 is 1.29 bits per heavy atom. The molecule has 0 aliphatic carbocycles. The molecule has 0 radical (unpaired) electrons. The van der Waals surface area contributed by atoms with Crippen molar-refractivity contribution in [3.05, 3.63) is 174 Å². The van der Waals surface area contributed by atoms with Gasteiger partial charge in [0.1, 0.15) is 21.7 Å². The van der Waals surface area contributed by atoms with Crippen molar-refractivity contribution in [2.45, 2.75) is 206 Å². The minimum absolute atomic E-state index is 0.556. The number of unbranched alkanes of at least 4 members (excludes halogenated alkanes) is 1. The van der Waals surface area contributed by atoms with Crippen LogP contribution in [0, 0.1) is 5.92 Å². The number of likely N-dealkylation sites (tertiary alicyclic amines) is 1. The zero-order valence-corrected chi connectivity index (χ0v) is 67.9. The van der Waals surface area contributed by atoms with Crippen molar-refractivity contribution in [2.24, 2.45) is 5.92 Å². The van der Waals surface area contributed by atoms with Gasteiger partial charge in [-0.1, -0.05) is 138 Å². The Balaban J connectivity index is 0.00000109. The molecule has 10 heterocycles. The molecule has 2 unspecified atom stereocenters. The number of methoxy groups -OCH3 is 1. The molecule has 2 atom stereocenters. The molecular formula is C76H133Cl2N17O3S3. The first kappa shape index (κ1) is 96.1. The summed E-state index contributed by atoms with van der Waals surface area (Å²) >= 11 is 16.7. The van der Waals surface area contributed by atoms with E-state index in [0.29, 0.717) is 11.3 Å². The van der Waals surface area contributed by atoms with Crippen molar-refractivity contribution in [1.29, 1.82) is 0 Å². The SMILES string of the molecule is CCCC(C)COC.CCCCC1CCCO1.CCN1CCCCC1.CCNCc1ccco1.CCNCc1cccs1.CCNCc1ccnc(Cl)c1.CCNCc1ccncc1Cl.CCNCc1cnc[nH]1.CCNCc1cncs1.CCNCc1ncc[nH]1.CCNCc1nccs1. The summed E-state index contributed by atoms with van der Waals surface area (Å²) < 4.78 is 15.5.